The van der Waals surface area contributed by atoms with Gasteiger partial charge in [0.25, 0.3) is 0 Å². The molecule has 0 bridgehead atoms. The summed E-state index contributed by atoms with van der Waals surface area (Å²) in [5.74, 6) is 0.164. The van der Waals surface area contributed by atoms with Crippen LogP contribution in [0.2, 0.25) is 0 Å². The van der Waals surface area contributed by atoms with Crippen molar-refractivity contribution in [3.05, 3.63) is 174 Å². The molecular formula is C44H27N. The molecule has 0 aromatic heterocycles. The van der Waals surface area contributed by atoms with Crippen molar-refractivity contribution in [3.63, 3.8) is 0 Å². The highest BCUT2D eigenvalue weighted by atomic mass is 14.8. The monoisotopic (exact) mass is 569 g/mol. The van der Waals surface area contributed by atoms with Crippen LogP contribution in [0.15, 0.2) is 163 Å². The number of para-hydroxylation sites is 1. The molecule has 0 saturated heterocycles. The number of aliphatic imine (C=N–C) groups is 1. The lowest BCUT2D eigenvalue weighted by atomic mass is 9.74. The summed E-state index contributed by atoms with van der Waals surface area (Å²) in [5, 5.41) is 7.58. The van der Waals surface area contributed by atoms with E-state index in [1.54, 1.807) is 0 Å². The van der Waals surface area contributed by atoms with Gasteiger partial charge in [-0.15, -0.1) is 0 Å². The lowest BCUT2D eigenvalue weighted by Crippen LogP contribution is -2.18. The van der Waals surface area contributed by atoms with Gasteiger partial charge in [-0.3, -0.25) is 4.99 Å². The van der Waals surface area contributed by atoms with Crippen LogP contribution < -0.4 is 0 Å². The Morgan fingerprint density at radius 1 is 0.333 bits per heavy atom. The van der Waals surface area contributed by atoms with E-state index in [0.717, 1.165) is 5.69 Å². The highest BCUT2D eigenvalue weighted by molar-refractivity contribution is 6.19. The van der Waals surface area contributed by atoms with Gasteiger partial charge in [0.2, 0.25) is 0 Å². The Morgan fingerprint density at radius 3 is 1.56 bits per heavy atom. The minimum atomic E-state index is 0.164. The summed E-state index contributed by atoms with van der Waals surface area (Å²) >= 11 is 0. The molecule has 1 heteroatoms. The minimum Gasteiger partial charge on any atom is -0.251 e. The fraction of sp³-hybridized carbons (Fsp3) is 0.0227. The van der Waals surface area contributed by atoms with E-state index in [0.29, 0.717) is 0 Å². The molecule has 1 aliphatic heterocycles. The van der Waals surface area contributed by atoms with E-state index in [1.165, 1.54) is 88.1 Å². The highest BCUT2D eigenvalue weighted by Crippen LogP contribution is 2.51. The zero-order valence-electron chi connectivity index (χ0n) is 24.5. The van der Waals surface area contributed by atoms with E-state index < -0.39 is 0 Å². The molecule has 1 aliphatic carbocycles. The second-order valence-corrected chi connectivity index (χ2v) is 12.4. The van der Waals surface area contributed by atoms with Crippen LogP contribution in [0.25, 0.3) is 65.7 Å². The van der Waals surface area contributed by atoms with E-state index >= 15 is 0 Å². The fourth-order valence-corrected chi connectivity index (χ4v) is 7.58. The van der Waals surface area contributed by atoms with Crippen molar-refractivity contribution in [2.24, 2.45) is 4.99 Å². The first-order valence-corrected chi connectivity index (χ1v) is 15.7. The molecular weight excluding hydrogens is 542 g/mol. The van der Waals surface area contributed by atoms with Crippen LogP contribution in [-0.2, 0) is 0 Å². The van der Waals surface area contributed by atoms with Gasteiger partial charge in [-0.2, -0.15) is 0 Å². The van der Waals surface area contributed by atoms with Crippen molar-refractivity contribution in [1.29, 1.82) is 0 Å². The third kappa shape index (κ3) is 3.77. The summed E-state index contributed by atoms with van der Waals surface area (Å²) in [4.78, 5) is 5.20. The van der Waals surface area contributed by atoms with Crippen molar-refractivity contribution in [1.82, 2.24) is 0 Å². The van der Waals surface area contributed by atoms with Crippen molar-refractivity contribution >= 4 is 43.7 Å². The maximum absolute atomic E-state index is 5.20. The number of hydrogen-bond acceptors (Lipinski definition) is 1. The van der Waals surface area contributed by atoms with Crippen LogP contribution in [0.3, 0.4) is 0 Å². The molecule has 1 atom stereocenters. The zero-order chi connectivity index (χ0) is 29.5. The zero-order valence-corrected chi connectivity index (χ0v) is 24.5. The van der Waals surface area contributed by atoms with Crippen LogP contribution in [-0.4, -0.2) is 5.71 Å². The van der Waals surface area contributed by atoms with Crippen LogP contribution in [0.1, 0.15) is 22.6 Å². The van der Waals surface area contributed by atoms with Gasteiger partial charge < -0.3 is 0 Å². The van der Waals surface area contributed by atoms with Crippen molar-refractivity contribution < 1.29 is 0 Å². The van der Waals surface area contributed by atoms with Crippen LogP contribution in [0.4, 0.5) is 5.69 Å². The average molecular weight is 570 g/mol. The van der Waals surface area contributed by atoms with E-state index in [-0.39, 0.29) is 5.92 Å². The molecule has 0 spiro atoms. The number of nitrogens with zero attached hydrogens (tertiary/aromatic N) is 1. The molecule has 2 aliphatic rings. The molecule has 10 rings (SSSR count). The van der Waals surface area contributed by atoms with E-state index in [9.17, 15) is 0 Å². The molecule has 208 valence electrons. The smallest absolute Gasteiger partial charge is 0.0675 e. The van der Waals surface area contributed by atoms with Gasteiger partial charge in [0.05, 0.1) is 17.3 Å². The normalized spacial score (nSPS) is 14.6. The third-order valence-corrected chi connectivity index (χ3v) is 9.83. The molecule has 0 saturated carbocycles. The Balaban J connectivity index is 1.09. The van der Waals surface area contributed by atoms with Crippen LogP contribution in [0.5, 0.6) is 0 Å². The molecule has 0 N–H and O–H groups in total. The van der Waals surface area contributed by atoms with Gasteiger partial charge in [0.15, 0.2) is 0 Å². The lowest BCUT2D eigenvalue weighted by Gasteiger charge is -2.28. The Bertz CT molecular complexity index is 2550. The summed E-state index contributed by atoms with van der Waals surface area (Å²) in [7, 11) is 0. The van der Waals surface area contributed by atoms with Crippen molar-refractivity contribution in [2.45, 2.75) is 5.92 Å². The van der Waals surface area contributed by atoms with E-state index in [1.807, 2.05) is 0 Å². The maximum atomic E-state index is 5.20. The second-order valence-electron chi connectivity index (χ2n) is 12.4. The standard InChI is InChI=1S/C44H27N/c1-2-8-28-21-31(14-13-27(28)7-1)32-15-16-34-23-35(18-17-33(34)22-32)36-19-20-37-39(25-36)40-24-29-9-3-4-10-30(29)26-41(40)43-38-11-5-6-12-42(38)45-44(37)43/h1-26,43H. The van der Waals surface area contributed by atoms with Gasteiger partial charge in [0.1, 0.15) is 0 Å². The number of fused-ring (bicyclic) bond motifs is 11. The topological polar surface area (TPSA) is 12.4 Å². The van der Waals surface area contributed by atoms with Gasteiger partial charge in [-0.1, -0.05) is 115 Å². The molecule has 0 amide bonds. The Hall–Kier alpha value is -5.79. The summed E-state index contributed by atoms with van der Waals surface area (Å²) < 4.78 is 0. The van der Waals surface area contributed by atoms with Crippen molar-refractivity contribution in [2.75, 3.05) is 0 Å². The Labute approximate surface area is 261 Å². The molecule has 8 aromatic carbocycles. The fourth-order valence-electron chi connectivity index (χ4n) is 7.58. The molecule has 8 aromatic rings. The van der Waals surface area contributed by atoms with Gasteiger partial charge in [-0.25, -0.2) is 0 Å². The highest BCUT2D eigenvalue weighted by Gasteiger charge is 2.36. The summed E-state index contributed by atoms with van der Waals surface area (Å²) in [6, 6.07) is 58.1. The quantitative estimate of drug-likeness (QED) is 0.196. The first-order chi connectivity index (χ1) is 22.3. The molecule has 0 radical (unpaired) electrons. The molecule has 1 heterocycles. The number of benzene rings is 8. The summed E-state index contributed by atoms with van der Waals surface area (Å²) in [5.41, 5.74) is 13.7. The van der Waals surface area contributed by atoms with Crippen LogP contribution >= 0.6 is 0 Å². The predicted molar refractivity (Wildman–Crippen MR) is 190 cm³/mol. The molecule has 1 unspecified atom stereocenters. The Kier molecular flexibility index (Phi) is 5.12. The SMILES string of the molecule is c1ccc2c(c1)N=C1c3ccc(-c4ccc5cc(-c6ccc7ccccc7c6)ccc5c4)cc3-c3cc4ccccc4cc3C12. The average Bonchev–Trinajstić information content (AvgIpc) is 3.50. The molecule has 0 fully saturated rings. The lowest BCUT2D eigenvalue weighted by molar-refractivity contribution is 1.11. The minimum absolute atomic E-state index is 0.164. The van der Waals surface area contributed by atoms with E-state index in [4.69, 9.17) is 4.99 Å². The predicted octanol–water partition coefficient (Wildman–Crippen LogP) is 11.7. The van der Waals surface area contributed by atoms with E-state index in [2.05, 4.69) is 158 Å². The maximum Gasteiger partial charge on any atom is 0.0675 e. The molecule has 45 heavy (non-hydrogen) atoms. The number of hydrogen-bond donors (Lipinski definition) is 0. The van der Waals surface area contributed by atoms with Gasteiger partial charge in [-0.05, 0) is 119 Å². The number of rotatable bonds is 2. The Morgan fingerprint density at radius 2 is 0.844 bits per heavy atom. The molecule has 1 nitrogen and oxygen atoms in total. The third-order valence-electron chi connectivity index (χ3n) is 9.83. The van der Waals surface area contributed by atoms with Gasteiger partial charge in [0, 0.05) is 5.56 Å². The first kappa shape index (κ1) is 24.6. The second kappa shape index (κ2) is 9.35. The summed E-state index contributed by atoms with van der Waals surface area (Å²) in [6.45, 7) is 0. The van der Waals surface area contributed by atoms with Crippen molar-refractivity contribution in [3.8, 4) is 33.4 Å². The van der Waals surface area contributed by atoms with Crippen LogP contribution in [0, 0.1) is 0 Å². The largest absolute Gasteiger partial charge is 0.251 e. The summed E-state index contributed by atoms with van der Waals surface area (Å²) in [6.07, 6.45) is 0. The van der Waals surface area contributed by atoms with Gasteiger partial charge >= 0.3 is 0 Å². The first-order valence-electron chi connectivity index (χ1n) is 15.7.